The number of esters is 3. The molecule has 0 aliphatic heterocycles. The summed E-state index contributed by atoms with van der Waals surface area (Å²) >= 11 is 5.74. The maximum absolute atomic E-state index is 12.4. The lowest BCUT2D eigenvalue weighted by molar-refractivity contribution is -0.187. The van der Waals surface area contributed by atoms with Gasteiger partial charge in [-0.05, 0) is 41.5 Å². The molecule has 172 valence electrons. The van der Waals surface area contributed by atoms with Crippen molar-refractivity contribution >= 4 is 91.6 Å². The quantitative estimate of drug-likeness (QED) is 0.180. The average molecular weight is 764 g/mol. The lowest BCUT2D eigenvalue weighted by Gasteiger charge is -2.40. The smallest absolute Gasteiger partial charge is 0.321 e. The summed E-state index contributed by atoms with van der Waals surface area (Å²) in [5, 5.41) is 9.81. The minimum atomic E-state index is -1.27. The van der Waals surface area contributed by atoms with E-state index in [2.05, 4.69) is 0 Å². The standard InChI is InChI=1S/C19H27I3O8/c1-17(2,20)14(25)28-9-7-10(29-15(26)18(3,4)21)12(13(23)24)11(8-9)30-16(27)19(5,6)22/h9-12H,7-8H2,1-6H3,(H,23,24). The van der Waals surface area contributed by atoms with Crippen molar-refractivity contribution in [1.29, 1.82) is 0 Å². The van der Waals surface area contributed by atoms with Crippen LogP contribution in [0.1, 0.15) is 54.4 Å². The fraction of sp³-hybridized carbons (Fsp3) is 0.789. The van der Waals surface area contributed by atoms with Gasteiger partial charge in [-0.15, -0.1) is 0 Å². The number of hydrogen-bond donors (Lipinski definition) is 1. The number of carboxylic acid groups (broad SMARTS) is 1. The first-order chi connectivity index (χ1) is 13.3. The topological polar surface area (TPSA) is 116 Å². The van der Waals surface area contributed by atoms with Crippen LogP contribution in [-0.2, 0) is 33.4 Å². The number of carboxylic acids is 1. The number of ether oxygens (including phenoxy) is 3. The van der Waals surface area contributed by atoms with E-state index in [1.807, 2.05) is 67.8 Å². The molecule has 1 N–H and O–H groups in total. The Kier molecular flexibility index (Phi) is 9.68. The van der Waals surface area contributed by atoms with Crippen LogP contribution in [-0.4, -0.2) is 57.6 Å². The number of carbonyl (C=O) groups is 4. The molecular formula is C19H27I3O8. The highest BCUT2D eigenvalue weighted by atomic mass is 127. The largest absolute Gasteiger partial charge is 0.481 e. The maximum atomic E-state index is 12.4. The van der Waals surface area contributed by atoms with Crippen LogP contribution in [0.15, 0.2) is 0 Å². The van der Waals surface area contributed by atoms with Gasteiger partial charge in [0, 0.05) is 12.8 Å². The van der Waals surface area contributed by atoms with E-state index in [0.717, 1.165) is 0 Å². The van der Waals surface area contributed by atoms with Crippen LogP contribution >= 0.6 is 67.8 Å². The zero-order valence-electron chi connectivity index (χ0n) is 17.7. The number of aliphatic carboxylic acids is 1. The van der Waals surface area contributed by atoms with Crippen molar-refractivity contribution in [2.24, 2.45) is 5.92 Å². The van der Waals surface area contributed by atoms with E-state index in [9.17, 15) is 24.3 Å². The lowest BCUT2D eigenvalue weighted by atomic mass is 9.81. The molecule has 11 heteroatoms. The van der Waals surface area contributed by atoms with Gasteiger partial charge >= 0.3 is 23.9 Å². The molecule has 0 radical (unpaired) electrons. The van der Waals surface area contributed by atoms with Gasteiger partial charge in [0.15, 0.2) is 0 Å². The summed E-state index contributed by atoms with van der Waals surface area (Å²) in [5.74, 6) is -4.19. The number of rotatable bonds is 7. The molecule has 0 spiro atoms. The van der Waals surface area contributed by atoms with Gasteiger partial charge in [-0.25, -0.2) is 0 Å². The molecular weight excluding hydrogens is 737 g/mol. The zero-order chi connectivity index (χ0) is 23.7. The molecule has 2 unspecified atom stereocenters. The third-order valence-corrected chi connectivity index (χ3v) is 5.64. The maximum Gasteiger partial charge on any atom is 0.321 e. The highest BCUT2D eigenvalue weighted by Gasteiger charge is 2.49. The van der Waals surface area contributed by atoms with E-state index in [1.54, 1.807) is 41.5 Å². The molecule has 1 aliphatic rings. The van der Waals surface area contributed by atoms with Gasteiger partial charge in [-0.1, -0.05) is 67.8 Å². The molecule has 1 fully saturated rings. The van der Waals surface area contributed by atoms with E-state index in [1.165, 1.54) is 0 Å². The number of hydrogen-bond acceptors (Lipinski definition) is 7. The minimum Gasteiger partial charge on any atom is -0.481 e. The monoisotopic (exact) mass is 764 g/mol. The SMILES string of the molecule is CC(C)(I)C(=O)OC1CC(OC(=O)C(C)(C)I)C(C(=O)O)C(OC(=O)C(C)(C)I)C1. The molecule has 0 amide bonds. The molecule has 1 rings (SSSR count). The van der Waals surface area contributed by atoms with Crippen LogP contribution in [0.3, 0.4) is 0 Å². The highest BCUT2D eigenvalue weighted by Crippen LogP contribution is 2.36. The molecule has 0 aromatic carbocycles. The molecule has 0 bridgehead atoms. The van der Waals surface area contributed by atoms with Crippen LogP contribution in [0.5, 0.6) is 0 Å². The van der Waals surface area contributed by atoms with E-state index in [4.69, 9.17) is 14.2 Å². The molecule has 30 heavy (non-hydrogen) atoms. The van der Waals surface area contributed by atoms with Crippen molar-refractivity contribution in [3.05, 3.63) is 0 Å². The summed E-state index contributed by atoms with van der Waals surface area (Å²) in [5.41, 5.74) is 0. The second-order valence-corrected chi connectivity index (χ2v) is 16.8. The predicted molar refractivity (Wildman–Crippen MR) is 134 cm³/mol. The summed E-state index contributed by atoms with van der Waals surface area (Å²) in [4.78, 5) is 49.3. The molecule has 0 saturated heterocycles. The van der Waals surface area contributed by atoms with Crippen molar-refractivity contribution in [1.82, 2.24) is 0 Å². The fourth-order valence-electron chi connectivity index (χ4n) is 2.65. The van der Waals surface area contributed by atoms with Gasteiger partial charge in [0.05, 0.1) is 0 Å². The van der Waals surface area contributed by atoms with Gasteiger partial charge in [0.25, 0.3) is 0 Å². The molecule has 1 aliphatic carbocycles. The Hall–Kier alpha value is 0.0700. The Morgan fingerprint density at radius 2 is 1.00 bits per heavy atom. The number of alkyl halides is 3. The van der Waals surface area contributed by atoms with E-state index < -0.39 is 58.4 Å². The minimum absolute atomic E-state index is 0.00949. The Labute approximate surface area is 217 Å². The summed E-state index contributed by atoms with van der Waals surface area (Å²) in [6, 6.07) is 0. The first kappa shape index (κ1) is 28.1. The van der Waals surface area contributed by atoms with E-state index in [0.29, 0.717) is 0 Å². The van der Waals surface area contributed by atoms with Crippen LogP contribution in [0.4, 0.5) is 0 Å². The third kappa shape index (κ3) is 8.20. The van der Waals surface area contributed by atoms with Crippen molar-refractivity contribution < 1.29 is 38.5 Å². The number of carbonyl (C=O) groups excluding carboxylic acids is 3. The molecule has 2 atom stereocenters. The zero-order valence-corrected chi connectivity index (χ0v) is 24.1. The second-order valence-electron chi connectivity index (χ2n) is 8.67. The molecule has 1 saturated carbocycles. The summed E-state index contributed by atoms with van der Waals surface area (Å²) in [6.07, 6.45) is -2.95. The molecule has 8 nitrogen and oxygen atoms in total. The first-order valence-electron chi connectivity index (χ1n) is 9.26. The van der Waals surface area contributed by atoms with Crippen molar-refractivity contribution in [3.63, 3.8) is 0 Å². The van der Waals surface area contributed by atoms with Crippen molar-refractivity contribution in [2.45, 2.75) is 83.0 Å². The average Bonchev–Trinajstić information content (AvgIpc) is 2.51. The van der Waals surface area contributed by atoms with Crippen LogP contribution in [0.25, 0.3) is 0 Å². The Morgan fingerprint density at radius 1 is 0.700 bits per heavy atom. The van der Waals surface area contributed by atoms with Gasteiger partial charge < -0.3 is 19.3 Å². The molecule has 0 heterocycles. The number of halogens is 3. The Balaban J connectivity index is 3.23. The Bertz CT molecular complexity index is 649. The molecule has 0 aromatic heterocycles. The lowest BCUT2D eigenvalue weighted by Crippen LogP contribution is -2.52. The van der Waals surface area contributed by atoms with E-state index in [-0.39, 0.29) is 12.8 Å². The van der Waals surface area contributed by atoms with Crippen molar-refractivity contribution in [3.8, 4) is 0 Å². The molecule has 0 aromatic rings. The normalized spacial score (nSPS) is 25.2. The van der Waals surface area contributed by atoms with Gasteiger partial charge in [-0.3, -0.25) is 19.2 Å². The highest BCUT2D eigenvalue weighted by molar-refractivity contribution is 14.1. The fourth-order valence-corrected chi connectivity index (χ4v) is 3.03. The van der Waals surface area contributed by atoms with Crippen molar-refractivity contribution in [2.75, 3.05) is 0 Å². The summed E-state index contributed by atoms with van der Waals surface area (Å²) in [6.45, 7) is 9.93. The van der Waals surface area contributed by atoms with Gasteiger partial charge in [0.2, 0.25) is 0 Å². The van der Waals surface area contributed by atoms with Crippen LogP contribution in [0, 0.1) is 5.92 Å². The summed E-state index contributed by atoms with van der Waals surface area (Å²) in [7, 11) is 0. The van der Waals surface area contributed by atoms with Crippen LogP contribution < -0.4 is 0 Å². The summed E-state index contributed by atoms with van der Waals surface area (Å²) < 4.78 is 14.0. The van der Waals surface area contributed by atoms with Crippen LogP contribution in [0.2, 0.25) is 0 Å². The second kappa shape index (κ2) is 10.3. The third-order valence-electron chi connectivity index (χ3n) is 4.32. The van der Waals surface area contributed by atoms with E-state index >= 15 is 0 Å². The Morgan fingerprint density at radius 3 is 1.27 bits per heavy atom. The first-order valence-corrected chi connectivity index (χ1v) is 12.5. The van der Waals surface area contributed by atoms with Gasteiger partial charge in [-0.2, -0.15) is 0 Å². The predicted octanol–water partition coefficient (Wildman–Crippen LogP) is 3.86. The van der Waals surface area contributed by atoms with Gasteiger partial charge in [0.1, 0.15) is 34.5 Å².